The third-order valence-corrected chi connectivity index (χ3v) is 2.42. The van der Waals surface area contributed by atoms with Crippen molar-refractivity contribution in [3.8, 4) is 0 Å². The molecular weight excluding hydrogens is 166 g/mol. The summed E-state index contributed by atoms with van der Waals surface area (Å²) in [4.78, 5) is 21.5. The lowest BCUT2D eigenvalue weighted by atomic mass is 10.1. The number of hydrogen-bond acceptors (Lipinski definition) is 2. The monoisotopic (exact) mass is 183 g/mol. The van der Waals surface area contributed by atoms with Gasteiger partial charge < -0.3 is 10.1 Å². The van der Waals surface area contributed by atoms with Crippen molar-refractivity contribution in [2.24, 2.45) is 0 Å². The van der Waals surface area contributed by atoms with Gasteiger partial charge in [0.1, 0.15) is 5.78 Å². The Bertz CT molecular complexity index is 201. The molecule has 0 aromatic carbocycles. The van der Waals surface area contributed by atoms with Gasteiger partial charge in [0.05, 0.1) is 0 Å². The molecule has 0 spiro atoms. The van der Waals surface area contributed by atoms with Gasteiger partial charge in [-0.15, -0.1) is 0 Å². The van der Waals surface area contributed by atoms with Crippen LogP contribution in [0.25, 0.3) is 0 Å². The molecule has 1 rings (SSSR count). The molecule has 74 valence electrons. The van der Waals surface area contributed by atoms with E-state index >= 15 is 0 Å². The average molecular weight is 183 g/mol. The number of nitrogens with one attached hydrogen (secondary N) is 1. The van der Waals surface area contributed by atoms with Crippen molar-refractivity contribution in [2.75, 3.05) is 0 Å². The van der Waals surface area contributed by atoms with Crippen molar-refractivity contribution in [3.63, 3.8) is 0 Å². The van der Waals surface area contributed by atoms with Crippen molar-refractivity contribution in [3.05, 3.63) is 0 Å². The van der Waals surface area contributed by atoms with Gasteiger partial charge in [0, 0.05) is 18.9 Å². The number of amides is 1. The minimum absolute atomic E-state index is 0.177. The first-order valence-electron chi connectivity index (χ1n) is 4.97. The van der Waals surface area contributed by atoms with E-state index in [1.807, 2.05) is 0 Å². The van der Waals surface area contributed by atoms with E-state index in [1.54, 1.807) is 6.92 Å². The van der Waals surface area contributed by atoms with Crippen LogP contribution in [0.15, 0.2) is 0 Å². The van der Waals surface area contributed by atoms with Crippen molar-refractivity contribution >= 4 is 11.7 Å². The van der Waals surface area contributed by atoms with Crippen LogP contribution >= 0.6 is 0 Å². The Balaban J connectivity index is 2.00. The Morgan fingerprint density at radius 1 is 1.54 bits per heavy atom. The van der Waals surface area contributed by atoms with Crippen LogP contribution in [0.3, 0.4) is 0 Å². The zero-order valence-corrected chi connectivity index (χ0v) is 8.14. The van der Waals surface area contributed by atoms with E-state index in [1.165, 1.54) is 0 Å². The van der Waals surface area contributed by atoms with Crippen LogP contribution < -0.4 is 5.32 Å². The lowest BCUT2D eigenvalue weighted by Crippen LogP contribution is -2.24. The first kappa shape index (κ1) is 10.2. The van der Waals surface area contributed by atoms with Gasteiger partial charge in [0.15, 0.2) is 0 Å². The van der Waals surface area contributed by atoms with Gasteiger partial charge in [0.25, 0.3) is 0 Å². The topological polar surface area (TPSA) is 46.2 Å². The van der Waals surface area contributed by atoms with Crippen molar-refractivity contribution in [2.45, 2.75) is 51.5 Å². The molecule has 1 N–H and O–H groups in total. The Morgan fingerprint density at radius 3 is 2.85 bits per heavy atom. The normalized spacial score (nSPS) is 21.6. The minimum Gasteiger partial charge on any atom is -0.353 e. The van der Waals surface area contributed by atoms with Gasteiger partial charge >= 0.3 is 0 Å². The molecule has 0 saturated carbocycles. The largest absolute Gasteiger partial charge is 0.353 e. The van der Waals surface area contributed by atoms with Crippen LogP contribution in [-0.2, 0) is 9.59 Å². The Hall–Kier alpha value is -0.860. The minimum atomic E-state index is 0.177. The van der Waals surface area contributed by atoms with Gasteiger partial charge in [-0.1, -0.05) is 6.42 Å². The summed E-state index contributed by atoms with van der Waals surface area (Å²) >= 11 is 0. The average Bonchev–Trinajstić information content (AvgIpc) is 2.45. The van der Waals surface area contributed by atoms with E-state index in [0.29, 0.717) is 18.9 Å². The van der Waals surface area contributed by atoms with Crippen LogP contribution in [0.1, 0.15) is 45.4 Å². The summed E-state index contributed by atoms with van der Waals surface area (Å²) in [6, 6.07) is 0.374. The SMILES string of the molecule is CC(=O)CCCC[C@@H]1CCC(=O)N1. The highest BCUT2D eigenvalue weighted by Crippen LogP contribution is 2.13. The molecule has 1 amide bonds. The third kappa shape index (κ3) is 4.06. The van der Waals surface area contributed by atoms with E-state index in [9.17, 15) is 9.59 Å². The summed E-state index contributed by atoms with van der Waals surface area (Å²) in [5, 5.41) is 2.92. The lowest BCUT2D eigenvalue weighted by Gasteiger charge is -2.08. The van der Waals surface area contributed by atoms with Crippen molar-refractivity contribution < 1.29 is 9.59 Å². The summed E-state index contributed by atoms with van der Waals surface area (Å²) in [5.74, 6) is 0.437. The number of Topliss-reactive ketones (excluding diaryl/α,β-unsaturated/α-hetero) is 1. The molecular formula is C10H17NO2. The fourth-order valence-electron chi connectivity index (χ4n) is 1.66. The molecule has 1 heterocycles. The Kier molecular flexibility index (Phi) is 3.93. The highest BCUT2D eigenvalue weighted by molar-refractivity contribution is 5.78. The molecule has 0 aromatic heterocycles. The molecule has 3 heteroatoms. The summed E-state index contributed by atoms with van der Waals surface area (Å²) in [5.41, 5.74) is 0. The number of ketones is 1. The molecule has 13 heavy (non-hydrogen) atoms. The van der Waals surface area contributed by atoms with Gasteiger partial charge in [0.2, 0.25) is 5.91 Å². The Morgan fingerprint density at radius 2 is 2.31 bits per heavy atom. The quantitative estimate of drug-likeness (QED) is 0.655. The number of carbonyl (C=O) groups excluding carboxylic acids is 2. The van der Waals surface area contributed by atoms with E-state index in [-0.39, 0.29) is 11.7 Å². The summed E-state index contributed by atoms with van der Waals surface area (Å²) < 4.78 is 0. The molecule has 3 nitrogen and oxygen atoms in total. The third-order valence-electron chi connectivity index (χ3n) is 2.42. The molecule has 0 radical (unpaired) electrons. The lowest BCUT2D eigenvalue weighted by molar-refractivity contribution is -0.119. The van der Waals surface area contributed by atoms with E-state index < -0.39 is 0 Å². The molecule has 1 atom stereocenters. The zero-order valence-electron chi connectivity index (χ0n) is 8.14. The van der Waals surface area contributed by atoms with Crippen LogP contribution in [0.5, 0.6) is 0 Å². The highest BCUT2D eigenvalue weighted by atomic mass is 16.2. The second kappa shape index (κ2) is 5.00. The predicted molar refractivity (Wildman–Crippen MR) is 50.3 cm³/mol. The second-order valence-electron chi connectivity index (χ2n) is 3.75. The molecule has 1 fully saturated rings. The summed E-state index contributed by atoms with van der Waals surface area (Å²) in [7, 11) is 0. The summed E-state index contributed by atoms with van der Waals surface area (Å²) in [6.07, 6.45) is 5.36. The maximum atomic E-state index is 10.8. The molecule has 0 bridgehead atoms. The molecule has 1 aliphatic rings. The molecule has 1 aliphatic heterocycles. The first-order chi connectivity index (χ1) is 6.18. The van der Waals surface area contributed by atoms with Crippen molar-refractivity contribution in [1.29, 1.82) is 0 Å². The number of carbonyl (C=O) groups is 2. The predicted octanol–water partition coefficient (Wildman–Crippen LogP) is 1.41. The molecule has 0 aliphatic carbocycles. The summed E-state index contributed by atoms with van der Waals surface area (Å²) in [6.45, 7) is 1.62. The molecule has 1 saturated heterocycles. The molecule has 0 aromatic rings. The number of unbranched alkanes of at least 4 members (excludes halogenated alkanes) is 1. The van der Waals surface area contributed by atoms with Gasteiger partial charge in [-0.25, -0.2) is 0 Å². The molecule has 0 unspecified atom stereocenters. The van der Waals surface area contributed by atoms with Crippen LogP contribution in [0, 0.1) is 0 Å². The van der Waals surface area contributed by atoms with Crippen LogP contribution in [0.2, 0.25) is 0 Å². The van der Waals surface area contributed by atoms with E-state index in [0.717, 1.165) is 25.7 Å². The fourth-order valence-corrected chi connectivity index (χ4v) is 1.66. The van der Waals surface area contributed by atoms with E-state index in [4.69, 9.17) is 0 Å². The second-order valence-corrected chi connectivity index (χ2v) is 3.75. The number of hydrogen-bond donors (Lipinski definition) is 1. The van der Waals surface area contributed by atoms with Gasteiger partial charge in [-0.2, -0.15) is 0 Å². The van der Waals surface area contributed by atoms with Crippen LogP contribution in [0.4, 0.5) is 0 Å². The number of rotatable bonds is 5. The maximum Gasteiger partial charge on any atom is 0.220 e. The first-order valence-corrected chi connectivity index (χ1v) is 4.97. The van der Waals surface area contributed by atoms with Gasteiger partial charge in [-0.05, 0) is 26.2 Å². The maximum absolute atomic E-state index is 10.8. The van der Waals surface area contributed by atoms with E-state index in [2.05, 4.69) is 5.32 Å². The zero-order chi connectivity index (χ0) is 9.68. The highest BCUT2D eigenvalue weighted by Gasteiger charge is 2.19. The van der Waals surface area contributed by atoms with Gasteiger partial charge in [-0.3, -0.25) is 4.79 Å². The van der Waals surface area contributed by atoms with Crippen molar-refractivity contribution in [1.82, 2.24) is 5.32 Å². The standard InChI is InChI=1S/C10H17NO2/c1-8(12)4-2-3-5-9-6-7-10(13)11-9/h9H,2-7H2,1H3,(H,11,13)/t9-/m1/s1. The Labute approximate surface area is 78.9 Å². The fraction of sp³-hybridized carbons (Fsp3) is 0.800. The smallest absolute Gasteiger partial charge is 0.220 e. The van der Waals surface area contributed by atoms with Crippen LogP contribution in [-0.4, -0.2) is 17.7 Å².